The van der Waals surface area contributed by atoms with E-state index in [1.54, 1.807) is 0 Å². The smallest absolute Gasteiger partial charge is 0.330 e. The normalized spacial score (nSPS) is 32.0. The lowest BCUT2D eigenvalue weighted by atomic mass is 9.95. The molecule has 72 valence electrons. The summed E-state index contributed by atoms with van der Waals surface area (Å²) in [6.07, 6.45) is -3.36. The molecule has 1 heterocycles. The van der Waals surface area contributed by atoms with Gasteiger partial charge >= 0.3 is 6.18 Å². The summed E-state index contributed by atoms with van der Waals surface area (Å²) in [4.78, 5) is 0. The number of hydrogen-bond donors (Lipinski definition) is 2. The molecule has 1 rings (SSSR count). The van der Waals surface area contributed by atoms with Gasteiger partial charge in [-0.1, -0.05) is 0 Å². The first-order chi connectivity index (χ1) is 5.54. The van der Waals surface area contributed by atoms with Gasteiger partial charge in [0.15, 0.2) is 0 Å². The first-order valence-electron chi connectivity index (χ1n) is 4.04. The van der Waals surface area contributed by atoms with Gasteiger partial charge in [0, 0.05) is 0 Å². The molecule has 0 amide bonds. The molecule has 0 aliphatic carbocycles. The molecule has 2 nitrogen and oxygen atoms in total. The van der Waals surface area contributed by atoms with Crippen LogP contribution in [0.1, 0.15) is 12.8 Å². The molecule has 0 aromatic heterocycles. The van der Waals surface area contributed by atoms with E-state index in [1.807, 2.05) is 0 Å². The van der Waals surface area contributed by atoms with Crippen LogP contribution in [0.4, 0.5) is 13.2 Å². The molecule has 1 aliphatic rings. The lowest BCUT2D eigenvalue weighted by Gasteiger charge is -2.30. The van der Waals surface area contributed by atoms with Crippen molar-refractivity contribution >= 4 is 0 Å². The van der Waals surface area contributed by atoms with Gasteiger partial charge < -0.3 is 11.1 Å². The summed E-state index contributed by atoms with van der Waals surface area (Å²) in [6, 6.07) is -1.32. The van der Waals surface area contributed by atoms with Crippen molar-refractivity contribution in [2.24, 2.45) is 11.7 Å². The Labute approximate surface area is 69.3 Å². The summed E-state index contributed by atoms with van der Waals surface area (Å²) in [7, 11) is 0. The molecule has 0 bridgehead atoms. The van der Waals surface area contributed by atoms with Crippen molar-refractivity contribution in [3.8, 4) is 0 Å². The average molecular weight is 182 g/mol. The summed E-state index contributed by atoms with van der Waals surface area (Å²) in [5.74, 6) is 0.212. The zero-order chi connectivity index (χ0) is 9.19. The van der Waals surface area contributed by atoms with E-state index in [-0.39, 0.29) is 12.3 Å². The number of halogens is 3. The highest BCUT2D eigenvalue weighted by Gasteiger charge is 2.41. The lowest BCUT2D eigenvalue weighted by Crippen LogP contribution is -2.49. The summed E-state index contributed by atoms with van der Waals surface area (Å²) in [5.41, 5.74) is 5.34. The Morgan fingerprint density at radius 1 is 1.33 bits per heavy atom. The lowest BCUT2D eigenvalue weighted by molar-refractivity contribution is -0.161. The van der Waals surface area contributed by atoms with Crippen molar-refractivity contribution in [1.82, 2.24) is 5.32 Å². The van der Waals surface area contributed by atoms with Crippen molar-refractivity contribution in [3.63, 3.8) is 0 Å². The Morgan fingerprint density at radius 2 is 2.00 bits per heavy atom. The molecule has 1 fully saturated rings. The number of piperidine rings is 1. The largest absolute Gasteiger partial charge is 0.403 e. The van der Waals surface area contributed by atoms with Gasteiger partial charge in [0.2, 0.25) is 0 Å². The molecule has 12 heavy (non-hydrogen) atoms. The average Bonchev–Trinajstić information content (AvgIpc) is 2.03. The molecular formula is C7H13F3N2. The van der Waals surface area contributed by atoms with Gasteiger partial charge in [0.1, 0.15) is 6.04 Å². The van der Waals surface area contributed by atoms with Crippen LogP contribution in [0.2, 0.25) is 0 Å². The van der Waals surface area contributed by atoms with Crippen molar-refractivity contribution < 1.29 is 13.2 Å². The topological polar surface area (TPSA) is 38.0 Å². The number of nitrogens with one attached hydrogen (secondary N) is 1. The second-order valence-corrected chi connectivity index (χ2v) is 3.18. The van der Waals surface area contributed by atoms with Crippen LogP contribution in [0, 0.1) is 5.92 Å². The third kappa shape index (κ3) is 2.35. The predicted octanol–water partition coefficient (Wildman–Crippen LogP) is 0.876. The summed E-state index contributed by atoms with van der Waals surface area (Å²) in [6.45, 7) is 0.859. The highest BCUT2D eigenvalue weighted by atomic mass is 19.4. The molecule has 1 aliphatic heterocycles. The highest BCUT2D eigenvalue weighted by Crippen LogP contribution is 2.27. The maximum Gasteiger partial charge on any atom is 0.403 e. The second kappa shape index (κ2) is 3.62. The third-order valence-electron chi connectivity index (χ3n) is 2.24. The van der Waals surface area contributed by atoms with Gasteiger partial charge in [-0.05, 0) is 31.8 Å². The van der Waals surface area contributed by atoms with Gasteiger partial charge in [-0.25, -0.2) is 0 Å². The van der Waals surface area contributed by atoms with E-state index in [1.165, 1.54) is 0 Å². The van der Waals surface area contributed by atoms with E-state index in [2.05, 4.69) is 5.32 Å². The molecule has 2 atom stereocenters. The fourth-order valence-corrected chi connectivity index (χ4v) is 1.40. The van der Waals surface area contributed by atoms with E-state index in [0.717, 1.165) is 0 Å². The quantitative estimate of drug-likeness (QED) is 0.631. The minimum absolute atomic E-state index is 0.158. The van der Waals surface area contributed by atoms with E-state index in [0.29, 0.717) is 19.5 Å². The number of alkyl halides is 3. The molecule has 2 unspecified atom stereocenters. The van der Waals surface area contributed by atoms with E-state index >= 15 is 0 Å². The standard InChI is InChI=1S/C7H13F3N2/c8-7(9,10)6-2-1-5(3-11)4-12-6/h5-6,12H,1-4,11H2. The summed E-state index contributed by atoms with van der Waals surface area (Å²) < 4.78 is 36.2. The van der Waals surface area contributed by atoms with Crippen molar-refractivity contribution in [1.29, 1.82) is 0 Å². The molecule has 5 heteroatoms. The van der Waals surface area contributed by atoms with Gasteiger partial charge in [-0.2, -0.15) is 13.2 Å². The molecule has 0 spiro atoms. The summed E-state index contributed by atoms with van der Waals surface area (Å²) in [5, 5.41) is 2.46. The number of rotatable bonds is 1. The van der Waals surface area contributed by atoms with Crippen LogP contribution in [0.3, 0.4) is 0 Å². The van der Waals surface area contributed by atoms with E-state index < -0.39 is 12.2 Å². The van der Waals surface area contributed by atoms with Crippen molar-refractivity contribution in [2.45, 2.75) is 25.1 Å². The first-order valence-corrected chi connectivity index (χ1v) is 4.04. The minimum atomic E-state index is -4.10. The maximum atomic E-state index is 12.1. The maximum absolute atomic E-state index is 12.1. The Bertz CT molecular complexity index is 138. The minimum Gasteiger partial charge on any atom is -0.330 e. The Kier molecular flexibility index (Phi) is 2.95. The SMILES string of the molecule is NCC1CCC(C(F)(F)F)NC1. The van der Waals surface area contributed by atoms with Crippen LogP contribution in [0.25, 0.3) is 0 Å². The first kappa shape index (κ1) is 9.80. The van der Waals surface area contributed by atoms with E-state index in [4.69, 9.17) is 5.73 Å². The van der Waals surface area contributed by atoms with Gasteiger partial charge in [-0.3, -0.25) is 0 Å². The van der Waals surface area contributed by atoms with Crippen LogP contribution in [0.5, 0.6) is 0 Å². The molecule has 3 N–H and O–H groups in total. The molecule has 0 aromatic carbocycles. The second-order valence-electron chi connectivity index (χ2n) is 3.18. The van der Waals surface area contributed by atoms with Gasteiger partial charge in [0.05, 0.1) is 0 Å². The predicted molar refractivity (Wildman–Crippen MR) is 39.6 cm³/mol. The molecule has 0 radical (unpaired) electrons. The van der Waals surface area contributed by atoms with Gasteiger partial charge in [-0.15, -0.1) is 0 Å². The monoisotopic (exact) mass is 182 g/mol. The molecular weight excluding hydrogens is 169 g/mol. The van der Waals surface area contributed by atoms with Crippen LogP contribution in [-0.2, 0) is 0 Å². The van der Waals surface area contributed by atoms with Crippen LogP contribution < -0.4 is 11.1 Å². The van der Waals surface area contributed by atoms with Crippen LogP contribution in [0.15, 0.2) is 0 Å². The number of nitrogens with two attached hydrogens (primary N) is 1. The van der Waals surface area contributed by atoms with Crippen molar-refractivity contribution in [2.75, 3.05) is 13.1 Å². The zero-order valence-electron chi connectivity index (χ0n) is 6.69. The molecule has 0 aromatic rings. The highest BCUT2D eigenvalue weighted by molar-refractivity contribution is 4.82. The summed E-state index contributed by atoms with van der Waals surface area (Å²) >= 11 is 0. The van der Waals surface area contributed by atoms with Crippen LogP contribution >= 0.6 is 0 Å². The van der Waals surface area contributed by atoms with E-state index in [9.17, 15) is 13.2 Å². The molecule has 0 saturated carbocycles. The zero-order valence-corrected chi connectivity index (χ0v) is 6.69. The molecule has 1 saturated heterocycles. The fourth-order valence-electron chi connectivity index (χ4n) is 1.40. The van der Waals surface area contributed by atoms with Crippen molar-refractivity contribution in [3.05, 3.63) is 0 Å². The van der Waals surface area contributed by atoms with Crippen LogP contribution in [-0.4, -0.2) is 25.3 Å². The number of hydrogen-bond acceptors (Lipinski definition) is 2. The Balaban J connectivity index is 2.36. The third-order valence-corrected chi connectivity index (χ3v) is 2.24. The Hall–Kier alpha value is -0.290. The Morgan fingerprint density at radius 3 is 2.33 bits per heavy atom. The van der Waals surface area contributed by atoms with Gasteiger partial charge in [0.25, 0.3) is 0 Å². The fraction of sp³-hybridized carbons (Fsp3) is 1.00.